The van der Waals surface area contributed by atoms with E-state index >= 15 is 0 Å². The Morgan fingerprint density at radius 2 is 1.74 bits per heavy atom. The molecule has 0 aromatic carbocycles. The summed E-state index contributed by atoms with van der Waals surface area (Å²) in [5.41, 5.74) is 1.16. The quantitative estimate of drug-likeness (QED) is 0.699. The average molecular weight is 428 g/mol. The number of nitrogens with zero attached hydrogens (tertiary/aromatic N) is 1. The van der Waals surface area contributed by atoms with Crippen molar-refractivity contribution in [1.29, 1.82) is 0 Å². The van der Waals surface area contributed by atoms with Crippen LogP contribution in [0.1, 0.15) is 85.5 Å². The first-order valence-electron chi connectivity index (χ1n) is 13.0. The van der Waals surface area contributed by atoms with Gasteiger partial charge in [-0.05, 0) is 98.2 Å². The molecule has 0 saturated heterocycles. The van der Waals surface area contributed by atoms with Crippen molar-refractivity contribution in [3.63, 3.8) is 0 Å². The van der Waals surface area contributed by atoms with Gasteiger partial charge in [0.1, 0.15) is 6.10 Å². The first-order chi connectivity index (χ1) is 14.7. The summed E-state index contributed by atoms with van der Waals surface area (Å²) in [7, 11) is 0. The predicted octanol–water partition coefficient (Wildman–Crippen LogP) is 4.87. The third-order valence-corrected chi connectivity index (χ3v) is 11.0. The van der Waals surface area contributed by atoms with Gasteiger partial charge in [0.25, 0.3) is 0 Å². The van der Waals surface area contributed by atoms with Gasteiger partial charge in [0.2, 0.25) is 0 Å². The molecule has 4 fully saturated rings. The second-order valence-electron chi connectivity index (χ2n) is 12.4. The van der Waals surface area contributed by atoms with E-state index in [1.807, 2.05) is 0 Å². The molecule has 4 nitrogen and oxygen atoms in total. The molecule has 1 heterocycles. The summed E-state index contributed by atoms with van der Waals surface area (Å²) in [4.78, 5) is 30.7. The molecule has 10 atom stereocenters. The van der Waals surface area contributed by atoms with Crippen molar-refractivity contribution in [2.45, 2.75) is 91.6 Å². The summed E-state index contributed by atoms with van der Waals surface area (Å²) in [6.45, 7) is 10.0. The molecule has 4 saturated carbocycles. The molecule has 0 aromatic rings. The van der Waals surface area contributed by atoms with Crippen molar-refractivity contribution < 1.29 is 14.7 Å². The first-order valence-corrected chi connectivity index (χ1v) is 13.0. The SMILES string of the molecule is CC1CN=C(C(=O)[C@@H](C)[C@H]2CC[C@H]3[C@@H]4CC[C@H]5C(=O)[C@@H](O)CC[C@]5(C)[C@H]4CC[C@]23C)C1. The molecule has 4 heteroatoms. The zero-order valence-corrected chi connectivity index (χ0v) is 19.9. The van der Waals surface area contributed by atoms with Crippen LogP contribution in [-0.2, 0) is 9.59 Å². The molecule has 4 aliphatic carbocycles. The molecular formula is C27H41NO3. The molecule has 0 aromatic heterocycles. The Bertz CT molecular complexity index is 804. The summed E-state index contributed by atoms with van der Waals surface area (Å²) < 4.78 is 0. The van der Waals surface area contributed by atoms with Crippen molar-refractivity contribution in [2.24, 2.45) is 57.2 Å². The highest BCUT2D eigenvalue weighted by Gasteiger charge is 2.62. The van der Waals surface area contributed by atoms with E-state index in [2.05, 4.69) is 32.7 Å². The van der Waals surface area contributed by atoms with Gasteiger partial charge in [-0.2, -0.15) is 0 Å². The van der Waals surface area contributed by atoms with E-state index in [4.69, 9.17) is 0 Å². The minimum absolute atomic E-state index is 0.0573. The van der Waals surface area contributed by atoms with Crippen molar-refractivity contribution >= 4 is 17.3 Å². The highest BCUT2D eigenvalue weighted by Crippen LogP contribution is 2.68. The summed E-state index contributed by atoms with van der Waals surface area (Å²) in [5, 5.41) is 10.2. The summed E-state index contributed by atoms with van der Waals surface area (Å²) in [6.07, 6.45) is 8.62. The monoisotopic (exact) mass is 427 g/mol. The highest BCUT2D eigenvalue weighted by molar-refractivity contribution is 6.41. The van der Waals surface area contributed by atoms with Crippen LogP contribution < -0.4 is 0 Å². The molecule has 5 aliphatic rings. The second kappa shape index (κ2) is 7.50. The zero-order chi connectivity index (χ0) is 22.1. The summed E-state index contributed by atoms with van der Waals surface area (Å²) >= 11 is 0. The van der Waals surface area contributed by atoms with Gasteiger partial charge in [0.05, 0.1) is 5.71 Å². The Labute approximate surface area is 187 Å². The van der Waals surface area contributed by atoms with Crippen LogP contribution in [0.2, 0.25) is 0 Å². The number of Topliss-reactive ketones (excluding diaryl/α,β-unsaturated/α-hetero) is 2. The maximum atomic E-state index is 13.3. The number of carbonyl (C=O) groups excluding carboxylic acids is 2. The lowest BCUT2D eigenvalue weighted by atomic mass is 9.44. The van der Waals surface area contributed by atoms with Crippen molar-refractivity contribution in [3.8, 4) is 0 Å². The van der Waals surface area contributed by atoms with E-state index in [1.54, 1.807) is 0 Å². The third-order valence-electron chi connectivity index (χ3n) is 11.0. The molecule has 1 unspecified atom stereocenters. The minimum Gasteiger partial charge on any atom is -0.385 e. The fraction of sp³-hybridized carbons (Fsp3) is 0.889. The van der Waals surface area contributed by atoms with Crippen LogP contribution in [0.5, 0.6) is 0 Å². The zero-order valence-electron chi connectivity index (χ0n) is 19.9. The molecule has 172 valence electrons. The Kier molecular flexibility index (Phi) is 5.27. The van der Waals surface area contributed by atoms with Crippen LogP contribution in [0.4, 0.5) is 0 Å². The van der Waals surface area contributed by atoms with E-state index in [9.17, 15) is 14.7 Å². The van der Waals surface area contributed by atoms with Gasteiger partial charge in [-0.25, -0.2) is 0 Å². The van der Waals surface area contributed by atoms with Crippen LogP contribution in [0.3, 0.4) is 0 Å². The molecule has 0 amide bonds. The third kappa shape index (κ3) is 3.14. The van der Waals surface area contributed by atoms with E-state index < -0.39 is 6.10 Å². The molecule has 1 N–H and O–H groups in total. The van der Waals surface area contributed by atoms with Gasteiger partial charge in [-0.3, -0.25) is 14.6 Å². The highest BCUT2D eigenvalue weighted by atomic mass is 16.3. The Morgan fingerprint density at radius 3 is 2.45 bits per heavy atom. The number of hydrogen-bond donors (Lipinski definition) is 1. The maximum absolute atomic E-state index is 13.3. The van der Waals surface area contributed by atoms with Crippen LogP contribution >= 0.6 is 0 Å². The normalized spacial score (nSPS) is 50.3. The maximum Gasteiger partial charge on any atom is 0.179 e. The number of aliphatic hydroxyl groups excluding tert-OH is 1. The fourth-order valence-electron chi connectivity index (χ4n) is 9.32. The van der Waals surface area contributed by atoms with E-state index in [-0.39, 0.29) is 28.4 Å². The van der Waals surface area contributed by atoms with Gasteiger partial charge in [0.15, 0.2) is 11.6 Å². The van der Waals surface area contributed by atoms with Crippen LogP contribution in [0, 0.1) is 52.3 Å². The number of rotatable bonds is 3. The molecule has 31 heavy (non-hydrogen) atoms. The topological polar surface area (TPSA) is 66.7 Å². The minimum atomic E-state index is -0.729. The lowest BCUT2D eigenvalue weighted by Gasteiger charge is -2.60. The number of fused-ring (bicyclic) bond motifs is 5. The van der Waals surface area contributed by atoms with Gasteiger partial charge >= 0.3 is 0 Å². The van der Waals surface area contributed by atoms with Gasteiger partial charge < -0.3 is 5.11 Å². The second-order valence-corrected chi connectivity index (χ2v) is 12.4. The lowest BCUT2D eigenvalue weighted by Crippen LogP contribution is -2.57. The number of carbonyl (C=O) groups is 2. The molecular weight excluding hydrogens is 386 g/mol. The van der Waals surface area contributed by atoms with E-state index in [0.29, 0.717) is 41.8 Å². The number of hydrogen-bond acceptors (Lipinski definition) is 4. The molecule has 1 aliphatic heterocycles. The van der Waals surface area contributed by atoms with Crippen molar-refractivity contribution in [1.82, 2.24) is 0 Å². The number of ketones is 2. The standard InChI is InChI=1S/C27H41NO3/c1-15-13-22(28-14-15)24(30)16(2)18-7-8-19-17-5-6-21-25(31)23(29)10-12-27(21,4)20(17)9-11-26(18,19)3/h15-21,23,29H,5-14H2,1-4H3/t15?,16-,17-,18+,19-,20-,21-,23-,26+,27+/m0/s1. The lowest BCUT2D eigenvalue weighted by molar-refractivity contribution is -0.160. The van der Waals surface area contributed by atoms with E-state index in [1.165, 1.54) is 19.3 Å². The Morgan fingerprint density at radius 1 is 1.03 bits per heavy atom. The largest absolute Gasteiger partial charge is 0.385 e. The molecule has 0 bridgehead atoms. The van der Waals surface area contributed by atoms with Crippen molar-refractivity contribution in [3.05, 3.63) is 0 Å². The molecule has 0 radical (unpaired) electrons. The smallest absolute Gasteiger partial charge is 0.179 e. The fourth-order valence-corrected chi connectivity index (χ4v) is 9.32. The molecule has 0 spiro atoms. The van der Waals surface area contributed by atoms with Crippen LogP contribution in [0.25, 0.3) is 0 Å². The van der Waals surface area contributed by atoms with E-state index in [0.717, 1.165) is 44.4 Å². The first kappa shape index (κ1) is 21.8. The van der Waals surface area contributed by atoms with Gasteiger partial charge in [-0.15, -0.1) is 0 Å². The van der Waals surface area contributed by atoms with Gasteiger partial charge in [-0.1, -0.05) is 27.7 Å². The Balaban J connectivity index is 1.36. The van der Waals surface area contributed by atoms with Crippen molar-refractivity contribution in [2.75, 3.05) is 6.54 Å². The van der Waals surface area contributed by atoms with Crippen LogP contribution in [-0.4, -0.2) is 35.0 Å². The molecule has 5 rings (SSSR count). The average Bonchev–Trinajstić information content (AvgIpc) is 3.33. The Hall–Kier alpha value is -1.03. The van der Waals surface area contributed by atoms with Crippen LogP contribution in [0.15, 0.2) is 4.99 Å². The predicted molar refractivity (Wildman–Crippen MR) is 122 cm³/mol. The number of aliphatic imine (C=N–C) groups is 1. The number of aliphatic hydroxyl groups is 1. The van der Waals surface area contributed by atoms with Gasteiger partial charge in [0, 0.05) is 18.4 Å². The summed E-state index contributed by atoms with van der Waals surface area (Å²) in [5.74, 6) is 3.51. The summed E-state index contributed by atoms with van der Waals surface area (Å²) in [6, 6.07) is 0.